The number of aliphatic hydroxyl groups excluding tert-OH is 1. The van der Waals surface area contributed by atoms with Crippen LogP contribution in [-0.2, 0) is 9.63 Å². The van der Waals surface area contributed by atoms with Crippen LogP contribution in [0.5, 0.6) is 0 Å². The van der Waals surface area contributed by atoms with Crippen LogP contribution in [0.4, 0.5) is 5.69 Å². The second-order valence-electron chi connectivity index (χ2n) is 5.21. The second-order valence-corrected chi connectivity index (χ2v) is 5.21. The first-order valence-corrected chi connectivity index (χ1v) is 7.12. The molecule has 0 aliphatic carbocycles. The zero-order chi connectivity index (χ0) is 15.5. The van der Waals surface area contributed by atoms with E-state index in [1.165, 1.54) is 0 Å². The van der Waals surface area contributed by atoms with E-state index in [1.807, 2.05) is 60.7 Å². The van der Waals surface area contributed by atoms with Gasteiger partial charge in [0, 0.05) is 0 Å². The number of aliphatic hydroxyl groups is 1. The minimum atomic E-state index is -0.980. The molecule has 0 saturated carbocycles. The molecule has 1 aliphatic rings. The van der Waals surface area contributed by atoms with E-state index < -0.39 is 24.0 Å². The summed E-state index contributed by atoms with van der Waals surface area (Å²) >= 11 is 0. The van der Waals surface area contributed by atoms with E-state index in [1.54, 1.807) is 5.06 Å². The minimum absolute atomic E-state index is 0.344. The lowest BCUT2D eigenvalue weighted by atomic mass is 9.89. The number of hydrogen-bond donors (Lipinski definition) is 2. The van der Waals surface area contributed by atoms with Crippen LogP contribution in [0.25, 0.3) is 0 Å². The number of nitrogens with zero attached hydrogens (tertiary/aromatic N) is 1. The van der Waals surface area contributed by atoms with Crippen molar-refractivity contribution in [2.24, 2.45) is 5.92 Å². The van der Waals surface area contributed by atoms with E-state index in [0.717, 1.165) is 11.3 Å². The molecule has 2 aromatic carbocycles. The molecule has 1 saturated heterocycles. The van der Waals surface area contributed by atoms with Gasteiger partial charge in [-0.2, -0.15) is 0 Å². The fourth-order valence-electron chi connectivity index (χ4n) is 2.86. The molecule has 22 heavy (non-hydrogen) atoms. The third-order valence-corrected chi connectivity index (χ3v) is 3.86. The number of para-hydroxylation sites is 1. The van der Waals surface area contributed by atoms with Crippen LogP contribution in [0, 0.1) is 5.92 Å². The Labute approximate surface area is 128 Å². The third-order valence-electron chi connectivity index (χ3n) is 3.86. The summed E-state index contributed by atoms with van der Waals surface area (Å²) in [7, 11) is 0. The van der Waals surface area contributed by atoms with Crippen LogP contribution in [-0.4, -0.2) is 28.9 Å². The Balaban J connectivity index is 2.06. The van der Waals surface area contributed by atoms with Gasteiger partial charge in [-0.15, -0.1) is 0 Å². The van der Waals surface area contributed by atoms with Gasteiger partial charge >= 0.3 is 5.97 Å². The summed E-state index contributed by atoms with van der Waals surface area (Å²) in [6, 6.07) is 18.2. The predicted molar refractivity (Wildman–Crippen MR) is 81.2 cm³/mol. The van der Waals surface area contributed by atoms with Crippen molar-refractivity contribution in [2.75, 3.05) is 11.7 Å². The summed E-state index contributed by atoms with van der Waals surface area (Å²) in [6.07, 6.45) is -0.775. The number of carboxylic acids is 1. The molecule has 0 bridgehead atoms. The summed E-state index contributed by atoms with van der Waals surface area (Å²) in [4.78, 5) is 17.5. The van der Waals surface area contributed by atoms with Crippen molar-refractivity contribution in [1.82, 2.24) is 0 Å². The van der Waals surface area contributed by atoms with E-state index in [9.17, 15) is 15.0 Å². The van der Waals surface area contributed by atoms with E-state index in [0.29, 0.717) is 0 Å². The van der Waals surface area contributed by atoms with Gasteiger partial charge < -0.3 is 10.2 Å². The summed E-state index contributed by atoms with van der Waals surface area (Å²) in [5.41, 5.74) is 1.60. The number of hydrogen-bond acceptors (Lipinski definition) is 4. The maximum Gasteiger partial charge on any atom is 0.311 e. The fourth-order valence-corrected chi connectivity index (χ4v) is 2.86. The quantitative estimate of drug-likeness (QED) is 0.906. The van der Waals surface area contributed by atoms with Gasteiger partial charge in [0.15, 0.2) is 0 Å². The molecule has 2 aromatic rings. The summed E-state index contributed by atoms with van der Waals surface area (Å²) in [5.74, 6) is -1.82. The van der Waals surface area contributed by atoms with Crippen molar-refractivity contribution in [3.8, 4) is 0 Å². The number of aliphatic carboxylic acids is 1. The normalized spacial score (nSPS) is 24.4. The predicted octanol–water partition coefficient (Wildman–Crippen LogP) is 2.24. The lowest BCUT2D eigenvalue weighted by Crippen LogP contribution is -2.31. The molecular weight excluding hydrogens is 282 g/mol. The molecule has 114 valence electrons. The lowest BCUT2D eigenvalue weighted by Gasteiger charge is -2.26. The van der Waals surface area contributed by atoms with Crippen LogP contribution in [0.3, 0.4) is 0 Å². The van der Waals surface area contributed by atoms with Crippen molar-refractivity contribution >= 4 is 11.7 Å². The molecule has 2 N–H and O–H groups in total. The fraction of sp³-hybridized carbons (Fsp3) is 0.235. The minimum Gasteiger partial charge on any atom is -0.481 e. The van der Waals surface area contributed by atoms with E-state index in [-0.39, 0.29) is 6.61 Å². The highest BCUT2D eigenvalue weighted by Gasteiger charge is 2.48. The largest absolute Gasteiger partial charge is 0.481 e. The Kier molecular flexibility index (Phi) is 4.09. The second kappa shape index (κ2) is 6.17. The molecule has 3 atom stereocenters. The summed E-state index contributed by atoms with van der Waals surface area (Å²) in [5, 5.41) is 20.7. The number of carboxylic acid groups (broad SMARTS) is 1. The Bertz CT molecular complexity index is 632. The van der Waals surface area contributed by atoms with Crippen LogP contribution in [0.2, 0.25) is 0 Å². The topological polar surface area (TPSA) is 70.0 Å². The standard InChI is InChI=1S/C17H17NO4/c19-11-14-15(17(20)21)16(12-7-3-1-4-8-12)18(22-14)13-9-5-2-6-10-13/h1-10,14-16,19H,11H2,(H,20,21). The van der Waals surface area contributed by atoms with Crippen LogP contribution >= 0.6 is 0 Å². The Morgan fingerprint density at radius 2 is 1.64 bits per heavy atom. The van der Waals surface area contributed by atoms with E-state index in [2.05, 4.69) is 0 Å². The van der Waals surface area contributed by atoms with Crippen molar-refractivity contribution in [3.63, 3.8) is 0 Å². The SMILES string of the molecule is O=C(O)C1C(CO)ON(c2ccccc2)C1c1ccccc1. The van der Waals surface area contributed by atoms with Crippen molar-refractivity contribution in [1.29, 1.82) is 0 Å². The molecule has 3 unspecified atom stereocenters. The van der Waals surface area contributed by atoms with Crippen molar-refractivity contribution in [3.05, 3.63) is 66.2 Å². The van der Waals surface area contributed by atoms with E-state index >= 15 is 0 Å². The van der Waals surface area contributed by atoms with Gasteiger partial charge in [0.25, 0.3) is 0 Å². The lowest BCUT2D eigenvalue weighted by molar-refractivity contribution is -0.144. The molecule has 5 nitrogen and oxygen atoms in total. The summed E-state index contributed by atoms with van der Waals surface area (Å²) in [6.45, 7) is -0.344. The third kappa shape index (κ3) is 2.56. The molecule has 3 rings (SSSR count). The van der Waals surface area contributed by atoms with Gasteiger partial charge in [-0.3, -0.25) is 9.63 Å². The maximum absolute atomic E-state index is 11.7. The first-order valence-electron chi connectivity index (χ1n) is 7.12. The van der Waals surface area contributed by atoms with Gasteiger partial charge in [0.05, 0.1) is 18.3 Å². The molecule has 1 heterocycles. The van der Waals surface area contributed by atoms with Crippen LogP contribution in [0.1, 0.15) is 11.6 Å². The monoisotopic (exact) mass is 299 g/mol. The number of hydroxylamine groups is 1. The zero-order valence-electron chi connectivity index (χ0n) is 11.9. The number of anilines is 1. The Hall–Kier alpha value is -2.37. The number of rotatable bonds is 4. The average Bonchev–Trinajstić information content (AvgIpc) is 2.96. The molecule has 1 aliphatic heterocycles. The Morgan fingerprint density at radius 3 is 2.18 bits per heavy atom. The Morgan fingerprint density at radius 1 is 1.05 bits per heavy atom. The molecular formula is C17H17NO4. The van der Waals surface area contributed by atoms with Crippen molar-refractivity contribution in [2.45, 2.75) is 12.1 Å². The van der Waals surface area contributed by atoms with Gasteiger partial charge in [-0.1, -0.05) is 48.5 Å². The molecule has 1 fully saturated rings. The molecule has 5 heteroatoms. The molecule has 0 amide bonds. The molecule has 0 aromatic heterocycles. The summed E-state index contributed by atoms with van der Waals surface area (Å²) < 4.78 is 0. The highest BCUT2D eigenvalue weighted by atomic mass is 16.7. The maximum atomic E-state index is 11.7. The van der Waals surface area contributed by atoms with Crippen LogP contribution in [0.15, 0.2) is 60.7 Å². The van der Waals surface area contributed by atoms with Gasteiger partial charge in [-0.25, -0.2) is 5.06 Å². The first-order chi connectivity index (χ1) is 10.7. The van der Waals surface area contributed by atoms with Gasteiger partial charge in [0.1, 0.15) is 12.0 Å². The van der Waals surface area contributed by atoms with Gasteiger partial charge in [-0.05, 0) is 17.7 Å². The number of benzene rings is 2. The van der Waals surface area contributed by atoms with Gasteiger partial charge in [0.2, 0.25) is 0 Å². The zero-order valence-corrected chi connectivity index (χ0v) is 11.9. The van der Waals surface area contributed by atoms with Crippen molar-refractivity contribution < 1.29 is 19.8 Å². The highest BCUT2D eigenvalue weighted by molar-refractivity contribution is 5.74. The average molecular weight is 299 g/mol. The molecule has 0 radical (unpaired) electrons. The van der Waals surface area contributed by atoms with Crippen LogP contribution < -0.4 is 5.06 Å². The smallest absolute Gasteiger partial charge is 0.311 e. The first kappa shape index (κ1) is 14.6. The van der Waals surface area contributed by atoms with E-state index in [4.69, 9.17) is 4.84 Å². The molecule has 0 spiro atoms. The highest BCUT2D eigenvalue weighted by Crippen LogP contribution is 2.42. The number of carbonyl (C=O) groups is 1.